The van der Waals surface area contributed by atoms with Crippen LogP contribution in [0.2, 0.25) is 5.02 Å². The summed E-state index contributed by atoms with van der Waals surface area (Å²) in [4.78, 5) is 1.15. The summed E-state index contributed by atoms with van der Waals surface area (Å²) in [6.07, 6.45) is 2.04. The zero-order valence-electron chi connectivity index (χ0n) is 12.2. The molecule has 2 rings (SSSR count). The Morgan fingerprint density at radius 3 is 2.52 bits per heavy atom. The van der Waals surface area contributed by atoms with E-state index in [-0.39, 0.29) is 0 Å². The molecule has 0 saturated carbocycles. The number of benzene rings is 2. The fraction of sp³-hybridized carbons (Fsp3) is 0.188. The number of aryl methyl sites for hydroxylation is 2. The van der Waals surface area contributed by atoms with Crippen molar-refractivity contribution in [1.82, 2.24) is 0 Å². The second-order valence-corrected chi connectivity index (χ2v) is 6.38. The molecule has 0 bridgehead atoms. The maximum absolute atomic E-state index is 6.29. The van der Waals surface area contributed by atoms with Crippen LogP contribution in [-0.4, -0.2) is 11.4 Å². The van der Waals surface area contributed by atoms with Crippen LogP contribution >= 0.6 is 35.6 Å². The molecule has 0 radical (unpaired) electrons. The molecule has 5 heteroatoms. The van der Waals surface area contributed by atoms with Gasteiger partial charge in [-0.1, -0.05) is 29.8 Å². The Labute approximate surface area is 140 Å². The molecule has 0 aromatic heterocycles. The van der Waals surface area contributed by atoms with Gasteiger partial charge >= 0.3 is 0 Å². The molecule has 21 heavy (non-hydrogen) atoms. The molecule has 0 heterocycles. The molecular formula is C16H17ClN2S2. The zero-order chi connectivity index (χ0) is 15.4. The molecule has 0 unspecified atom stereocenters. The van der Waals surface area contributed by atoms with E-state index in [4.69, 9.17) is 23.8 Å². The fourth-order valence-electron chi connectivity index (χ4n) is 2.09. The van der Waals surface area contributed by atoms with Crippen LogP contribution in [0.15, 0.2) is 41.3 Å². The molecule has 110 valence electrons. The van der Waals surface area contributed by atoms with Gasteiger partial charge in [0.05, 0.1) is 16.4 Å². The van der Waals surface area contributed by atoms with Gasteiger partial charge in [0, 0.05) is 4.90 Å². The Balaban J connectivity index is 2.16. The summed E-state index contributed by atoms with van der Waals surface area (Å²) in [7, 11) is 0. The standard InChI is InChI=1S/C16H17ClN2S2/c1-10-8-11(2)15(12(17)9-10)19-16(20)18-13-6-4-5-7-14(13)21-3/h4-9H,1-3H3,(H2,18,19,20). The van der Waals surface area contributed by atoms with E-state index < -0.39 is 0 Å². The van der Waals surface area contributed by atoms with Crippen molar-refractivity contribution in [3.05, 3.63) is 52.5 Å². The normalized spacial score (nSPS) is 10.3. The molecule has 2 aromatic rings. The van der Waals surface area contributed by atoms with Gasteiger partial charge in [-0.05, 0) is 61.6 Å². The molecule has 0 aliphatic rings. The van der Waals surface area contributed by atoms with Crippen molar-refractivity contribution in [2.45, 2.75) is 18.7 Å². The van der Waals surface area contributed by atoms with Gasteiger partial charge in [-0.25, -0.2) is 0 Å². The Hall–Kier alpha value is -1.23. The molecule has 0 amide bonds. The lowest BCUT2D eigenvalue weighted by molar-refractivity contribution is 1.38. The average Bonchev–Trinajstić information content (AvgIpc) is 2.43. The Bertz CT molecular complexity index is 648. The number of thiocarbonyl (C=S) groups is 1. The highest BCUT2D eigenvalue weighted by atomic mass is 35.5. The van der Waals surface area contributed by atoms with Crippen LogP contribution in [0.1, 0.15) is 11.1 Å². The van der Waals surface area contributed by atoms with Crippen molar-refractivity contribution in [1.29, 1.82) is 0 Å². The Morgan fingerprint density at radius 2 is 1.86 bits per heavy atom. The van der Waals surface area contributed by atoms with Crippen LogP contribution in [0, 0.1) is 13.8 Å². The van der Waals surface area contributed by atoms with Gasteiger partial charge in [0.25, 0.3) is 0 Å². The summed E-state index contributed by atoms with van der Waals surface area (Å²) in [6.45, 7) is 4.04. The topological polar surface area (TPSA) is 24.1 Å². The Kier molecular flexibility index (Phi) is 5.51. The van der Waals surface area contributed by atoms with Gasteiger partial charge in [-0.3, -0.25) is 0 Å². The number of anilines is 2. The number of hydrogen-bond acceptors (Lipinski definition) is 2. The van der Waals surface area contributed by atoms with E-state index in [1.54, 1.807) is 11.8 Å². The number of rotatable bonds is 3. The first kappa shape index (κ1) is 16.1. The van der Waals surface area contributed by atoms with Gasteiger partial charge in [-0.2, -0.15) is 0 Å². The van der Waals surface area contributed by atoms with E-state index in [1.807, 2.05) is 44.4 Å². The molecule has 0 spiro atoms. The van der Waals surface area contributed by atoms with Crippen molar-refractivity contribution in [2.75, 3.05) is 16.9 Å². The van der Waals surface area contributed by atoms with Crippen LogP contribution in [0.4, 0.5) is 11.4 Å². The van der Waals surface area contributed by atoms with E-state index in [2.05, 4.69) is 22.8 Å². The molecule has 0 aliphatic carbocycles. The predicted molar refractivity (Wildman–Crippen MR) is 99.0 cm³/mol. The van der Waals surface area contributed by atoms with Gasteiger partial charge in [0.1, 0.15) is 0 Å². The largest absolute Gasteiger partial charge is 0.332 e. The highest BCUT2D eigenvalue weighted by molar-refractivity contribution is 7.98. The van der Waals surface area contributed by atoms with E-state index in [9.17, 15) is 0 Å². The maximum Gasteiger partial charge on any atom is 0.175 e. The van der Waals surface area contributed by atoms with Crippen LogP contribution in [0.3, 0.4) is 0 Å². The van der Waals surface area contributed by atoms with E-state index >= 15 is 0 Å². The smallest absolute Gasteiger partial charge is 0.175 e. The lowest BCUT2D eigenvalue weighted by Crippen LogP contribution is -2.20. The Morgan fingerprint density at radius 1 is 1.14 bits per heavy atom. The minimum Gasteiger partial charge on any atom is -0.332 e. The fourth-order valence-corrected chi connectivity index (χ4v) is 3.22. The lowest BCUT2D eigenvalue weighted by Gasteiger charge is -2.16. The minimum absolute atomic E-state index is 0.533. The molecule has 2 nitrogen and oxygen atoms in total. The summed E-state index contributed by atoms with van der Waals surface area (Å²) in [6, 6.07) is 12.0. The second kappa shape index (κ2) is 7.16. The summed E-state index contributed by atoms with van der Waals surface area (Å²) < 4.78 is 0. The van der Waals surface area contributed by atoms with Crippen molar-refractivity contribution in [3.63, 3.8) is 0 Å². The lowest BCUT2D eigenvalue weighted by atomic mass is 10.1. The first-order valence-electron chi connectivity index (χ1n) is 6.49. The summed E-state index contributed by atoms with van der Waals surface area (Å²) in [5.74, 6) is 0. The first-order chi connectivity index (χ1) is 10.0. The molecule has 0 aliphatic heterocycles. The number of hydrogen-bond donors (Lipinski definition) is 2. The third-order valence-electron chi connectivity index (χ3n) is 3.03. The highest BCUT2D eigenvalue weighted by Gasteiger charge is 2.08. The molecule has 0 atom stereocenters. The summed E-state index contributed by atoms with van der Waals surface area (Å²) in [5, 5.41) is 7.61. The van der Waals surface area contributed by atoms with Crippen molar-refractivity contribution < 1.29 is 0 Å². The van der Waals surface area contributed by atoms with Gasteiger partial charge in [0.15, 0.2) is 5.11 Å². The highest BCUT2D eigenvalue weighted by Crippen LogP contribution is 2.28. The zero-order valence-corrected chi connectivity index (χ0v) is 14.5. The maximum atomic E-state index is 6.29. The first-order valence-corrected chi connectivity index (χ1v) is 8.50. The second-order valence-electron chi connectivity index (χ2n) is 4.72. The number of halogens is 1. The van der Waals surface area contributed by atoms with Crippen molar-refractivity contribution >= 4 is 52.1 Å². The molecule has 0 fully saturated rings. The van der Waals surface area contributed by atoms with E-state index in [0.717, 1.165) is 27.4 Å². The third-order valence-corrected chi connectivity index (χ3v) is 4.32. The summed E-state index contributed by atoms with van der Waals surface area (Å²) in [5.41, 5.74) is 4.04. The average molecular weight is 337 g/mol. The van der Waals surface area contributed by atoms with Crippen LogP contribution in [-0.2, 0) is 0 Å². The number of para-hydroxylation sites is 1. The van der Waals surface area contributed by atoms with Gasteiger partial charge in [0.2, 0.25) is 0 Å². The minimum atomic E-state index is 0.533. The molecular weight excluding hydrogens is 320 g/mol. The van der Waals surface area contributed by atoms with E-state index in [0.29, 0.717) is 10.1 Å². The number of thioether (sulfide) groups is 1. The monoisotopic (exact) mass is 336 g/mol. The van der Waals surface area contributed by atoms with Gasteiger partial charge < -0.3 is 10.6 Å². The van der Waals surface area contributed by atoms with Gasteiger partial charge in [-0.15, -0.1) is 11.8 Å². The van der Waals surface area contributed by atoms with Crippen LogP contribution in [0.5, 0.6) is 0 Å². The quantitative estimate of drug-likeness (QED) is 0.572. The van der Waals surface area contributed by atoms with Crippen molar-refractivity contribution in [3.8, 4) is 0 Å². The van der Waals surface area contributed by atoms with Crippen LogP contribution in [0.25, 0.3) is 0 Å². The SMILES string of the molecule is CSc1ccccc1NC(=S)Nc1c(C)cc(C)cc1Cl. The molecule has 2 aromatic carbocycles. The molecule has 2 N–H and O–H groups in total. The third kappa shape index (κ3) is 4.13. The molecule has 0 saturated heterocycles. The number of nitrogens with one attached hydrogen (secondary N) is 2. The van der Waals surface area contributed by atoms with E-state index in [1.165, 1.54) is 0 Å². The van der Waals surface area contributed by atoms with Crippen LogP contribution < -0.4 is 10.6 Å². The van der Waals surface area contributed by atoms with Crippen molar-refractivity contribution in [2.24, 2.45) is 0 Å². The predicted octanol–water partition coefficient (Wildman–Crippen LogP) is 5.49. The summed E-state index contributed by atoms with van der Waals surface area (Å²) >= 11 is 13.3.